The van der Waals surface area contributed by atoms with E-state index in [1.807, 2.05) is 4.90 Å². The maximum absolute atomic E-state index is 12.8. The first-order valence-electron chi connectivity index (χ1n) is 8.49. The average molecular weight is 428 g/mol. The van der Waals surface area contributed by atoms with E-state index in [1.54, 1.807) is 0 Å². The van der Waals surface area contributed by atoms with E-state index in [0.717, 1.165) is 24.3 Å². The van der Waals surface area contributed by atoms with Gasteiger partial charge < -0.3 is 14.6 Å². The van der Waals surface area contributed by atoms with Gasteiger partial charge in [-0.2, -0.15) is 4.31 Å². The number of hydrogen-bond acceptors (Lipinski definition) is 7. The summed E-state index contributed by atoms with van der Waals surface area (Å²) in [4.78, 5) is 17.2. The second-order valence-electron chi connectivity index (χ2n) is 6.21. The third-order valence-electron chi connectivity index (χ3n) is 4.44. The second kappa shape index (κ2) is 7.15. The number of imidazole rings is 1. The van der Waals surface area contributed by atoms with Gasteiger partial charge in [-0.05, 0) is 24.3 Å². The highest BCUT2D eigenvalue weighted by atomic mass is 32.2. The number of halogens is 3. The van der Waals surface area contributed by atoms with Crippen LogP contribution in [0.5, 0.6) is 5.75 Å². The van der Waals surface area contributed by atoms with Crippen LogP contribution in [0.25, 0.3) is 11.2 Å². The number of hydrogen-bond donors (Lipinski definition) is 1. The van der Waals surface area contributed by atoms with Crippen molar-refractivity contribution in [3.8, 4) is 5.75 Å². The molecule has 13 heteroatoms. The average Bonchev–Trinajstić information content (AvgIpc) is 3.16. The minimum Gasteiger partial charge on any atom is -0.406 e. The SMILES string of the molecule is O=S(=O)(c1ccc(OC(F)(F)F)cc1)N1CCN(c2ncnc3nc[nH]c23)CC1. The first-order chi connectivity index (χ1) is 13.7. The number of anilines is 1. The Morgan fingerprint density at radius 3 is 2.34 bits per heavy atom. The summed E-state index contributed by atoms with van der Waals surface area (Å²) in [5.41, 5.74) is 1.19. The minimum atomic E-state index is -4.84. The summed E-state index contributed by atoms with van der Waals surface area (Å²) in [6.45, 7) is 1.17. The number of ether oxygens (including phenoxy) is 1. The Morgan fingerprint density at radius 2 is 1.69 bits per heavy atom. The molecule has 1 aliphatic rings. The lowest BCUT2D eigenvalue weighted by atomic mass is 10.3. The third kappa shape index (κ3) is 3.96. The predicted molar refractivity (Wildman–Crippen MR) is 95.8 cm³/mol. The molecule has 0 bridgehead atoms. The van der Waals surface area contributed by atoms with Crippen molar-refractivity contribution < 1.29 is 26.3 Å². The summed E-state index contributed by atoms with van der Waals surface area (Å²) in [6, 6.07) is 4.15. The number of fused-ring (bicyclic) bond motifs is 1. The highest BCUT2D eigenvalue weighted by Crippen LogP contribution is 2.26. The van der Waals surface area contributed by atoms with E-state index in [1.165, 1.54) is 17.0 Å². The van der Waals surface area contributed by atoms with Gasteiger partial charge in [-0.1, -0.05) is 0 Å². The zero-order valence-corrected chi connectivity index (χ0v) is 15.6. The fraction of sp³-hybridized carbons (Fsp3) is 0.312. The fourth-order valence-electron chi connectivity index (χ4n) is 3.09. The normalized spacial score (nSPS) is 16.3. The lowest BCUT2D eigenvalue weighted by Gasteiger charge is -2.34. The molecular weight excluding hydrogens is 413 g/mol. The van der Waals surface area contributed by atoms with Gasteiger partial charge in [0.1, 0.15) is 17.6 Å². The number of rotatable bonds is 4. The highest BCUT2D eigenvalue weighted by Gasteiger charge is 2.32. The van der Waals surface area contributed by atoms with E-state index in [-0.39, 0.29) is 18.0 Å². The molecule has 154 valence electrons. The van der Waals surface area contributed by atoms with Crippen LogP contribution in [0.2, 0.25) is 0 Å². The molecule has 3 aromatic rings. The third-order valence-corrected chi connectivity index (χ3v) is 6.35. The maximum atomic E-state index is 12.8. The molecule has 1 aromatic carbocycles. The molecule has 1 N–H and O–H groups in total. The van der Waals surface area contributed by atoms with Crippen LogP contribution in [-0.4, -0.2) is 65.2 Å². The Hall–Kier alpha value is -2.93. The van der Waals surface area contributed by atoms with E-state index in [9.17, 15) is 21.6 Å². The van der Waals surface area contributed by atoms with Crippen molar-refractivity contribution in [1.29, 1.82) is 0 Å². The van der Waals surface area contributed by atoms with E-state index < -0.39 is 22.1 Å². The zero-order chi connectivity index (χ0) is 20.6. The number of sulfonamides is 1. The smallest absolute Gasteiger partial charge is 0.406 e. The number of nitrogens with one attached hydrogen (secondary N) is 1. The molecule has 0 atom stereocenters. The number of nitrogens with zero attached hydrogens (tertiary/aromatic N) is 5. The summed E-state index contributed by atoms with van der Waals surface area (Å²) in [7, 11) is -3.84. The van der Waals surface area contributed by atoms with Crippen molar-refractivity contribution in [3.05, 3.63) is 36.9 Å². The van der Waals surface area contributed by atoms with Gasteiger partial charge in [0.25, 0.3) is 0 Å². The van der Waals surface area contributed by atoms with Crippen molar-refractivity contribution in [2.45, 2.75) is 11.3 Å². The molecule has 0 aliphatic carbocycles. The first kappa shape index (κ1) is 19.4. The summed E-state index contributed by atoms with van der Waals surface area (Å²) >= 11 is 0. The molecule has 0 spiro atoms. The Kier molecular flexibility index (Phi) is 4.78. The highest BCUT2D eigenvalue weighted by molar-refractivity contribution is 7.89. The van der Waals surface area contributed by atoms with Crippen LogP contribution < -0.4 is 9.64 Å². The lowest BCUT2D eigenvalue weighted by molar-refractivity contribution is -0.274. The molecule has 1 saturated heterocycles. The molecule has 1 aliphatic heterocycles. The Labute approximate surface area is 163 Å². The van der Waals surface area contributed by atoms with Crippen molar-refractivity contribution in [1.82, 2.24) is 24.2 Å². The van der Waals surface area contributed by atoms with Crippen LogP contribution in [0.4, 0.5) is 19.0 Å². The van der Waals surface area contributed by atoms with E-state index >= 15 is 0 Å². The van der Waals surface area contributed by atoms with Gasteiger partial charge in [0.15, 0.2) is 11.5 Å². The van der Waals surface area contributed by atoms with Crippen LogP contribution in [0.15, 0.2) is 41.8 Å². The number of aromatic amines is 1. The quantitative estimate of drug-likeness (QED) is 0.675. The summed E-state index contributed by atoms with van der Waals surface area (Å²) in [5, 5.41) is 0. The number of alkyl halides is 3. The maximum Gasteiger partial charge on any atom is 0.573 e. The molecule has 4 rings (SSSR count). The molecule has 0 amide bonds. The van der Waals surface area contributed by atoms with Gasteiger partial charge >= 0.3 is 6.36 Å². The second-order valence-corrected chi connectivity index (χ2v) is 8.15. The van der Waals surface area contributed by atoms with E-state index in [2.05, 4.69) is 24.7 Å². The van der Waals surface area contributed by atoms with Gasteiger partial charge in [-0.25, -0.2) is 23.4 Å². The van der Waals surface area contributed by atoms with Gasteiger partial charge in [0.2, 0.25) is 10.0 Å². The van der Waals surface area contributed by atoms with Gasteiger partial charge in [0.05, 0.1) is 11.2 Å². The molecule has 1 fully saturated rings. The van der Waals surface area contributed by atoms with Crippen LogP contribution in [0.1, 0.15) is 0 Å². The van der Waals surface area contributed by atoms with Crippen LogP contribution in [-0.2, 0) is 10.0 Å². The number of H-pyrrole nitrogens is 1. The number of benzene rings is 1. The molecule has 29 heavy (non-hydrogen) atoms. The zero-order valence-electron chi connectivity index (χ0n) is 14.8. The number of piperazine rings is 1. The van der Waals surface area contributed by atoms with Crippen LogP contribution >= 0.6 is 0 Å². The summed E-state index contributed by atoms with van der Waals surface area (Å²) in [5.74, 6) is 0.159. The fourth-order valence-corrected chi connectivity index (χ4v) is 4.52. The lowest BCUT2D eigenvalue weighted by Crippen LogP contribution is -2.49. The van der Waals surface area contributed by atoms with Crippen molar-refractivity contribution in [3.63, 3.8) is 0 Å². The molecule has 2 aromatic heterocycles. The van der Waals surface area contributed by atoms with Gasteiger partial charge in [0, 0.05) is 26.2 Å². The summed E-state index contributed by atoms with van der Waals surface area (Å²) < 4.78 is 67.4. The van der Waals surface area contributed by atoms with Gasteiger partial charge in [-0.15, -0.1) is 13.2 Å². The largest absolute Gasteiger partial charge is 0.573 e. The van der Waals surface area contributed by atoms with Gasteiger partial charge in [-0.3, -0.25) is 0 Å². The van der Waals surface area contributed by atoms with E-state index in [4.69, 9.17) is 0 Å². The minimum absolute atomic E-state index is 0.0986. The van der Waals surface area contributed by atoms with Crippen LogP contribution in [0.3, 0.4) is 0 Å². The monoisotopic (exact) mass is 428 g/mol. The Bertz CT molecular complexity index is 1110. The molecular formula is C16H15F3N6O3S. The standard InChI is InChI=1S/C16H15F3N6O3S/c17-16(18,19)28-11-1-3-12(4-2-11)29(26,27)25-7-5-24(6-8-25)15-13-14(21-9-20-13)22-10-23-15/h1-4,9-10H,5-8H2,(H,20,21,22,23). The van der Waals surface area contributed by atoms with Crippen molar-refractivity contribution >= 4 is 27.0 Å². The van der Waals surface area contributed by atoms with Crippen LogP contribution in [0, 0.1) is 0 Å². The Morgan fingerprint density at radius 1 is 1.00 bits per heavy atom. The van der Waals surface area contributed by atoms with Crippen molar-refractivity contribution in [2.75, 3.05) is 31.1 Å². The molecule has 0 radical (unpaired) electrons. The summed E-state index contributed by atoms with van der Waals surface area (Å²) in [6.07, 6.45) is -1.93. The molecule has 3 heterocycles. The van der Waals surface area contributed by atoms with E-state index in [0.29, 0.717) is 30.1 Å². The Balaban J connectivity index is 1.47. The predicted octanol–water partition coefficient (Wildman–Crippen LogP) is 1.76. The first-order valence-corrected chi connectivity index (χ1v) is 9.93. The molecule has 0 saturated carbocycles. The molecule has 9 nitrogen and oxygen atoms in total. The number of aromatic nitrogens is 4. The molecule has 0 unspecified atom stereocenters. The van der Waals surface area contributed by atoms with Crippen molar-refractivity contribution in [2.24, 2.45) is 0 Å². The topological polar surface area (TPSA) is 104 Å².